The van der Waals surface area contributed by atoms with Gasteiger partial charge in [-0.1, -0.05) is 42.5 Å². The predicted octanol–water partition coefficient (Wildman–Crippen LogP) is 3.59. The van der Waals surface area contributed by atoms with Crippen molar-refractivity contribution >= 4 is 22.0 Å². The van der Waals surface area contributed by atoms with Crippen LogP contribution in [0.2, 0.25) is 0 Å². The van der Waals surface area contributed by atoms with Crippen molar-refractivity contribution in [3.05, 3.63) is 71.8 Å². The Balaban J connectivity index is 0.000000383. The van der Waals surface area contributed by atoms with Crippen molar-refractivity contribution in [3.8, 4) is 0 Å². The summed E-state index contributed by atoms with van der Waals surface area (Å²) in [6.07, 6.45) is 3.34. The van der Waals surface area contributed by atoms with E-state index in [2.05, 4.69) is 10.6 Å². The summed E-state index contributed by atoms with van der Waals surface area (Å²) >= 11 is 0. The highest BCUT2D eigenvalue weighted by atomic mass is 32.2. The fourth-order valence-electron chi connectivity index (χ4n) is 4.46. The number of nitrogens with zero attached hydrogens (tertiary/aromatic N) is 1. The number of hydrogen-bond donors (Lipinski definition) is 2. The Kier molecular flexibility index (Phi) is 9.38. The number of benzene rings is 2. The molecular weight excluding hydrogens is 492 g/mol. The molecule has 0 atom stereocenters. The van der Waals surface area contributed by atoms with Crippen LogP contribution in [0.15, 0.2) is 54.6 Å². The number of imide groups is 1. The Bertz CT molecular complexity index is 1120. The molecule has 36 heavy (non-hydrogen) atoms. The number of carbonyl (C=O) groups excluding carboxylic acids is 2. The van der Waals surface area contributed by atoms with Gasteiger partial charge in [-0.15, -0.1) is 0 Å². The van der Waals surface area contributed by atoms with Crippen LogP contribution in [0.1, 0.15) is 31.2 Å². The highest BCUT2D eigenvalue weighted by Gasteiger charge is 2.45. The first kappa shape index (κ1) is 27.5. The van der Waals surface area contributed by atoms with Gasteiger partial charge in [0.1, 0.15) is 6.61 Å². The number of hydrogen-bond acceptors (Lipinski definition) is 6. The largest absolute Gasteiger partial charge is 0.447 e. The van der Waals surface area contributed by atoms with Gasteiger partial charge < -0.3 is 15.4 Å². The Morgan fingerprint density at radius 1 is 1.03 bits per heavy atom. The van der Waals surface area contributed by atoms with E-state index in [1.807, 2.05) is 30.3 Å². The van der Waals surface area contributed by atoms with Crippen LogP contribution in [0.25, 0.3) is 0 Å². The van der Waals surface area contributed by atoms with Crippen molar-refractivity contribution in [2.75, 3.05) is 32.5 Å². The lowest BCUT2D eigenvalue weighted by Crippen LogP contribution is -2.46. The van der Waals surface area contributed by atoms with E-state index in [4.69, 9.17) is 4.74 Å². The normalized spacial score (nSPS) is 21.8. The lowest BCUT2D eigenvalue weighted by Gasteiger charge is -2.39. The molecule has 4 rings (SSSR count). The van der Waals surface area contributed by atoms with Crippen molar-refractivity contribution in [2.24, 2.45) is 0 Å². The van der Waals surface area contributed by atoms with Crippen LogP contribution in [0.5, 0.6) is 0 Å². The van der Waals surface area contributed by atoms with Gasteiger partial charge in [0.15, 0.2) is 21.5 Å². The minimum absolute atomic E-state index is 0.201. The number of amides is 3. The molecular formula is C25H31F2N3O5S. The van der Waals surface area contributed by atoms with Gasteiger partial charge in [0, 0.05) is 25.4 Å². The summed E-state index contributed by atoms with van der Waals surface area (Å²) in [6.45, 7) is 1.44. The third kappa shape index (κ3) is 6.79. The minimum atomic E-state index is -3.25. The van der Waals surface area contributed by atoms with Crippen LogP contribution < -0.4 is 10.6 Å². The zero-order valence-electron chi connectivity index (χ0n) is 20.1. The van der Waals surface area contributed by atoms with Crippen molar-refractivity contribution in [1.29, 1.82) is 0 Å². The van der Waals surface area contributed by atoms with Gasteiger partial charge in [0.25, 0.3) is 0 Å². The van der Waals surface area contributed by atoms with Crippen LogP contribution in [-0.2, 0) is 19.3 Å². The van der Waals surface area contributed by atoms with Gasteiger partial charge in [-0.25, -0.2) is 31.7 Å². The minimum Gasteiger partial charge on any atom is -0.447 e. The Morgan fingerprint density at radius 3 is 2.11 bits per heavy atom. The van der Waals surface area contributed by atoms with Gasteiger partial charge >= 0.3 is 12.1 Å². The molecule has 0 aromatic heterocycles. The molecule has 1 aliphatic carbocycles. The molecule has 1 aliphatic heterocycles. The fourth-order valence-corrected chi connectivity index (χ4v) is 6.00. The molecule has 3 amide bonds. The van der Waals surface area contributed by atoms with Crippen molar-refractivity contribution < 1.29 is 31.5 Å². The maximum Gasteiger partial charge on any atom is 0.418 e. The Labute approximate surface area is 209 Å². The maximum atomic E-state index is 12.6. The van der Waals surface area contributed by atoms with E-state index in [1.165, 1.54) is 18.4 Å². The average Bonchev–Trinajstić information content (AvgIpc) is 3.30. The highest BCUT2D eigenvalue weighted by Crippen LogP contribution is 2.43. The van der Waals surface area contributed by atoms with Crippen LogP contribution >= 0.6 is 0 Å². The molecule has 2 aromatic carbocycles. The summed E-state index contributed by atoms with van der Waals surface area (Å²) in [5.74, 6) is -1.60. The number of ether oxygens (including phenoxy) is 1. The van der Waals surface area contributed by atoms with Crippen LogP contribution in [0.4, 0.5) is 18.4 Å². The lowest BCUT2D eigenvalue weighted by atomic mass is 9.80. The smallest absolute Gasteiger partial charge is 0.418 e. The molecule has 0 radical (unpaired) electrons. The number of sulfone groups is 1. The first-order chi connectivity index (χ1) is 17.1. The molecule has 196 valence electrons. The lowest BCUT2D eigenvalue weighted by molar-refractivity contribution is 0.158. The number of urea groups is 1. The summed E-state index contributed by atoms with van der Waals surface area (Å²) < 4.78 is 53.0. The second-order valence-electron chi connectivity index (χ2n) is 8.77. The zero-order chi connectivity index (χ0) is 26.2. The van der Waals surface area contributed by atoms with E-state index in [1.54, 1.807) is 0 Å². The standard InChI is InChI=1S/C19H27N3O5S.C6H4F2/c1-28(25,26)19(15-5-3-2-4-6-15)9-7-16(8-10-19)20-11-12-21-17(23)22-13-14-27-18(22)24;7-5-3-1-2-4-6(5)8/h2-6,16,20H,7-14H2,1H3,(H,21,23);1-4H. The monoisotopic (exact) mass is 523 g/mol. The zero-order valence-corrected chi connectivity index (χ0v) is 20.9. The van der Waals surface area contributed by atoms with Gasteiger partial charge in [-0.2, -0.15) is 0 Å². The molecule has 2 aliphatic rings. The SMILES string of the molecule is CS(=O)(=O)C1(c2ccccc2)CCC(NCCNC(=O)N2CCOC2=O)CC1.Fc1ccccc1F. The molecule has 0 spiro atoms. The van der Waals surface area contributed by atoms with Gasteiger partial charge in [0.05, 0.1) is 11.3 Å². The molecule has 2 aromatic rings. The van der Waals surface area contributed by atoms with Crippen LogP contribution in [-0.4, -0.2) is 64.0 Å². The summed E-state index contributed by atoms with van der Waals surface area (Å²) in [5, 5.41) is 6.06. The van der Waals surface area contributed by atoms with Gasteiger partial charge in [-0.3, -0.25) is 0 Å². The average molecular weight is 524 g/mol. The van der Waals surface area contributed by atoms with Crippen LogP contribution in [0.3, 0.4) is 0 Å². The van der Waals surface area contributed by atoms with E-state index in [0.717, 1.165) is 35.4 Å². The number of nitrogens with one attached hydrogen (secondary N) is 2. The Hall–Kier alpha value is -3.05. The predicted molar refractivity (Wildman–Crippen MR) is 131 cm³/mol. The first-order valence-corrected chi connectivity index (χ1v) is 13.6. The van der Waals surface area contributed by atoms with E-state index in [9.17, 15) is 26.8 Å². The number of halogens is 2. The van der Waals surface area contributed by atoms with E-state index < -0.39 is 38.3 Å². The Morgan fingerprint density at radius 2 is 1.61 bits per heavy atom. The van der Waals surface area contributed by atoms with Crippen LogP contribution in [0, 0.1) is 11.6 Å². The van der Waals surface area contributed by atoms with Gasteiger partial charge in [-0.05, 0) is 43.4 Å². The van der Waals surface area contributed by atoms with E-state index >= 15 is 0 Å². The third-order valence-electron chi connectivity index (χ3n) is 6.47. The number of carbonyl (C=O) groups is 2. The first-order valence-electron chi connectivity index (χ1n) is 11.7. The second-order valence-corrected chi connectivity index (χ2v) is 11.1. The summed E-state index contributed by atoms with van der Waals surface area (Å²) in [4.78, 5) is 24.3. The molecule has 11 heteroatoms. The quantitative estimate of drug-likeness (QED) is 0.561. The van der Waals surface area contributed by atoms with Crippen molar-refractivity contribution in [1.82, 2.24) is 15.5 Å². The van der Waals surface area contributed by atoms with E-state index in [0.29, 0.717) is 25.9 Å². The second kappa shape index (κ2) is 12.3. The number of cyclic esters (lactones) is 1. The molecule has 1 saturated heterocycles. The molecule has 2 fully saturated rings. The third-order valence-corrected chi connectivity index (χ3v) is 8.53. The summed E-state index contributed by atoms with van der Waals surface area (Å²) in [6, 6.07) is 14.2. The highest BCUT2D eigenvalue weighted by molar-refractivity contribution is 7.91. The fraction of sp³-hybridized carbons (Fsp3) is 0.440. The van der Waals surface area contributed by atoms with Crippen molar-refractivity contribution in [3.63, 3.8) is 0 Å². The maximum absolute atomic E-state index is 12.6. The molecule has 1 heterocycles. The molecule has 1 saturated carbocycles. The van der Waals surface area contributed by atoms with Gasteiger partial charge in [0.2, 0.25) is 0 Å². The molecule has 0 unspecified atom stereocenters. The number of rotatable bonds is 6. The molecule has 8 nitrogen and oxygen atoms in total. The topological polar surface area (TPSA) is 105 Å². The summed E-state index contributed by atoms with van der Waals surface area (Å²) in [7, 11) is -3.25. The van der Waals surface area contributed by atoms with E-state index in [-0.39, 0.29) is 19.2 Å². The summed E-state index contributed by atoms with van der Waals surface area (Å²) in [5.41, 5.74) is 0.862. The molecule has 0 bridgehead atoms. The van der Waals surface area contributed by atoms with Crippen molar-refractivity contribution in [2.45, 2.75) is 36.5 Å². The molecule has 2 N–H and O–H groups in total.